The highest BCUT2D eigenvalue weighted by Gasteiger charge is 2.17. The Morgan fingerprint density at radius 2 is 1.75 bits per heavy atom. The molecule has 3 aromatic carbocycles. The van der Waals surface area contributed by atoms with Crippen molar-refractivity contribution in [1.29, 1.82) is 0 Å². The molecule has 0 spiro atoms. The lowest BCUT2D eigenvalue weighted by atomic mass is 9.94. The molecular formula is C24H26N2OS. The van der Waals surface area contributed by atoms with Gasteiger partial charge in [0.25, 0.3) is 0 Å². The molecule has 0 saturated heterocycles. The Morgan fingerprint density at radius 3 is 2.46 bits per heavy atom. The topological polar surface area (TPSA) is 33.3 Å². The van der Waals surface area contributed by atoms with Crippen LogP contribution in [0.1, 0.15) is 35.2 Å². The van der Waals surface area contributed by atoms with Crippen molar-refractivity contribution in [3.05, 3.63) is 95.1 Å². The van der Waals surface area contributed by atoms with Crippen LogP contribution in [0.2, 0.25) is 0 Å². The van der Waals surface area contributed by atoms with E-state index in [1.807, 2.05) is 37.3 Å². The third kappa shape index (κ3) is 5.11. The SMILES string of the molecule is CCOc1cccc(NC(=S)NC(c2ccccc2)c2ccc(C)cc2C)c1. The maximum atomic E-state index is 5.63. The molecule has 0 heterocycles. The number of aryl methyl sites for hydroxylation is 2. The Labute approximate surface area is 172 Å². The van der Waals surface area contributed by atoms with E-state index in [0.29, 0.717) is 11.7 Å². The lowest BCUT2D eigenvalue weighted by Crippen LogP contribution is -2.33. The van der Waals surface area contributed by atoms with Gasteiger partial charge in [0, 0.05) is 11.8 Å². The minimum atomic E-state index is -0.0307. The van der Waals surface area contributed by atoms with E-state index in [4.69, 9.17) is 17.0 Å². The first-order chi connectivity index (χ1) is 13.6. The van der Waals surface area contributed by atoms with E-state index < -0.39 is 0 Å². The van der Waals surface area contributed by atoms with E-state index in [1.165, 1.54) is 22.3 Å². The molecule has 0 aliphatic carbocycles. The van der Waals surface area contributed by atoms with Crippen LogP contribution >= 0.6 is 12.2 Å². The minimum Gasteiger partial charge on any atom is -0.494 e. The second kappa shape index (κ2) is 9.38. The molecule has 0 amide bonds. The predicted molar refractivity (Wildman–Crippen MR) is 121 cm³/mol. The van der Waals surface area contributed by atoms with Gasteiger partial charge in [-0.1, -0.05) is 60.2 Å². The number of hydrogen-bond donors (Lipinski definition) is 2. The number of ether oxygens (including phenoxy) is 1. The predicted octanol–water partition coefficient (Wildman–Crippen LogP) is 5.78. The summed E-state index contributed by atoms with van der Waals surface area (Å²) in [5.41, 5.74) is 5.77. The average Bonchev–Trinajstić information content (AvgIpc) is 2.68. The highest BCUT2D eigenvalue weighted by molar-refractivity contribution is 7.80. The number of anilines is 1. The number of hydrogen-bond acceptors (Lipinski definition) is 2. The minimum absolute atomic E-state index is 0.0307. The molecule has 0 bridgehead atoms. The van der Waals surface area contributed by atoms with Crippen molar-refractivity contribution in [3.63, 3.8) is 0 Å². The van der Waals surface area contributed by atoms with Crippen molar-refractivity contribution in [2.24, 2.45) is 0 Å². The van der Waals surface area contributed by atoms with Gasteiger partial charge in [-0.2, -0.15) is 0 Å². The Kier molecular flexibility index (Phi) is 6.66. The third-order valence-corrected chi connectivity index (χ3v) is 4.77. The fourth-order valence-corrected chi connectivity index (χ4v) is 3.50. The second-order valence-electron chi connectivity index (χ2n) is 6.76. The zero-order chi connectivity index (χ0) is 19.9. The molecule has 0 radical (unpaired) electrons. The maximum Gasteiger partial charge on any atom is 0.171 e. The standard InChI is InChI=1S/C24H26N2OS/c1-4-27-21-12-8-11-20(16-21)25-24(28)26-23(19-9-6-5-7-10-19)22-14-13-17(2)15-18(22)3/h5-16,23H,4H2,1-3H3,(H2,25,26,28). The van der Waals surface area contributed by atoms with Crippen LogP contribution in [0.5, 0.6) is 5.75 Å². The number of nitrogens with one attached hydrogen (secondary N) is 2. The van der Waals surface area contributed by atoms with Crippen LogP contribution in [0.15, 0.2) is 72.8 Å². The van der Waals surface area contributed by atoms with Crippen LogP contribution in [0.25, 0.3) is 0 Å². The van der Waals surface area contributed by atoms with Gasteiger partial charge < -0.3 is 15.4 Å². The fraction of sp³-hybridized carbons (Fsp3) is 0.208. The fourth-order valence-electron chi connectivity index (χ4n) is 3.26. The van der Waals surface area contributed by atoms with Crippen molar-refractivity contribution < 1.29 is 4.74 Å². The van der Waals surface area contributed by atoms with Gasteiger partial charge in [-0.25, -0.2) is 0 Å². The van der Waals surface area contributed by atoms with E-state index in [1.54, 1.807) is 0 Å². The molecule has 0 aromatic heterocycles. The van der Waals surface area contributed by atoms with E-state index in [-0.39, 0.29) is 6.04 Å². The maximum absolute atomic E-state index is 5.63. The number of thiocarbonyl (C=S) groups is 1. The van der Waals surface area contributed by atoms with E-state index in [2.05, 4.69) is 66.9 Å². The molecular weight excluding hydrogens is 364 g/mol. The lowest BCUT2D eigenvalue weighted by molar-refractivity contribution is 0.340. The van der Waals surface area contributed by atoms with E-state index >= 15 is 0 Å². The van der Waals surface area contributed by atoms with Crippen molar-refractivity contribution in [2.45, 2.75) is 26.8 Å². The van der Waals surface area contributed by atoms with Gasteiger partial charge in [0.15, 0.2) is 5.11 Å². The highest BCUT2D eigenvalue weighted by Crippen LogP contribution is 2.26. The van der Waals surface area contributed by atoms with Crippen LogP contribution in [0.4, 0.5) is 5.69 Å². The molecule has 4 heteroatoms. The first kappa shape index (κ1) is 19.9. The summed E-state index contributed by atoms with van der Waals surface area (Å²) in [5, 5.41) is 7.34. The van der Waals surface area contributed by atoms with Crippen LogP contribution in [-0.2, 0) is 0 Å². The molecule has 0 aliphatic heterocycles. The molecule has 0 saturated carbocycles. The summed E-state index contributed by atoms with van der Waals surface area (Å²) in [6.07, 6.45) is 0. The summed E-state index contributed by atoms with van der Waals surface area (Å²) in [6.45, 7) is 6.86. The molecule has 3 rings (SSSR count). The van der Waals surface area contributed by atoms with Crippen LogP contribution in [-0.4, -0.2) is 11.7 Å². The number of rotatable bonds is 6. The van der Waals surface area contributed by atoms with Gasteiger partial charge >= 0.3 is 0 Å². The third-order valence-electron chi connectivity index (χ3n) is 4.55. The van der Waals surface area contributed by atoms with Crippen molar-refractivity contribution in [1.82, 2.24) is 5.32 Å². The summed E-state index contributed by atoms with van der Waals surface area (Å²) < 4.78 is 5.57. The van der Waals surface area contributed by atoms with Gasteiger partial charge in [-0.3, -0.25) is 0 Å². The molecule has 3 aromatic rings. The summed E-state index contributed by atoms with van der Waals surface area (Å²) in [6, 6.07) is 24.7. The number of benzene rings is 3. The first-order valence-electron chi connectivity index (χ1n) is 9.49. The Bertz CT molecular complexity index is 940. The van der Waals surface area contributed by atoms with Crippen molar-refractivity contribution in [2.75, 3.05) is 11.9 Å². The van der Waals surface area contributed by atoms with Crippen molar-refractivity contribution in [3.8, 4) is 5.75 Å². The van der Waals surface area contributed by atoms with Gasteiger partial charge in [-0.15, -0.1) is 0 Å². The molecule has 3 nitrogen and oxygen atoms in total. The summed E-state index contributed by atoms with van der Waals surface area (Å²) in [7, 11) is 0. The quantitative estimate of drug-likeness (QED) is 0.523. The van der Waals surface area contributed by atoms with Gasteiger partial charge in [0.05, 0.1) is 12.6 Å². The smallest absolute Gasteiger partial charge is 0.171 e. The zero-order valence-corrected chi connectivity index (χ0v) is 17.3. The van der Waals surface area contributed by atoms with Gasteiger partial charge in [-0.05, 0) is 61.8 Å². The summed E-state index contributed by atoms with van der Waals surface area (Å²) in [5.74, 6) is 0.823. The molecule has 28 heavy (non-hydrogen) atoms. The molecule has 0 aliphatic rings. The molecule has 2 N–H and O–H groups in total. The highest BCUT2D eigenvalue weighted by atomic mass is 32.1. The van der Waals surface area contributed by atoms with Gasteiger partial charge in [0.1, 0.15) is 5.75 Å². The largest absolute Gasteiger partial charge is 0.494 e. The average molecular weight is 391 g/mol. The van der Waals surface area contributed by atoms with Crippen LogP contribution in [0.3, 0.4) is 0 Å². The Balaban J connectivity index is 1.83. The molecule has 1 unspecified atom stereocenters. The molecule has 144 valence electrons. The van der Waals surface area contributed by atoms with Crippen molar-refractivity contribution >= 4 is 23.0 Å². The Morgan fingerprint density at radius 1 is 0.964 bits per heavy atom. The molecule has 0 fully saturated rings. The van der Waals surface area contributed by atoms with Crippen LogP contribution in [0, 0.1) is 13.8 Å². The molecule has 1 atom stereocenters. The summed E-state index contributed by atoms with van der Waals surface area (Å²) in [4.78, 5) is 0. The lowest BCUT2D eigenvalue weighted by Gasteiger charge is -2.24. The van der Waals surface area contributed by atoms with E-state index in [9.17, 15) is 0 Å². The monoisotopic (exact) mass is 390 g/mol. The van der Waals surface area contributed by atoms with Gasteiger partial charge in [0.2, 0.25) is 0 Å². The first-order valence-corrected chi connectivity index (χ1v) is 9.90. The zero-order valence-electron chi connectivity index (χ0n) is 16.5. The summed E-state index contributed by atoms with van der Waals surface area (Å²) >= 11 is 5.63. The van der Waals surface area contributed by atoms with E-state index in [0.717, 1.165) is 11.4 Å². The second-order valence-corrected chi connectivity index (χ2v) is 7.17. The van der Waals surface area contributed by atoms with Crippen LogP contribution < -0.4 is 15.4 Å². The normalized spacial score (nSPS) is 11.5. The Hall–Kier alpha value is -2.85.